The predicted octanol–water partition coefficient (Wildman–Crippen LogP) is 3.88. The molecule has 0 aliphatic heterocycles. The molecule has 0 unspecified atom stereocenters. The zero-order valence-electron chi connectivity index (χ0n) is 10.0. The largest absolute Gasteiger partial charge is 0.417 e. The summed E-state index contributed by atoms with van der Waals surface area (Å²) in [7, 11) is 0. The number of aromatic nitrogens is 1. The fraction of sp³-hybridized carbons (Fsp3) is 0.308. The van der Waals surface area contributed by atoms with Gasteiger partial charge in [-0.05, 0) is 25.1 Å². The summed E-state index contributed by atoms with van der Waals surface area (Å²) in [5.74, 6) is -0.235. The zero-order valence-corrected chi connectivity index (χ0v) is 10.0. The van der Waals surface area contributed by atoms with Crippen LogP contribution >= 0.6 is 0 Å². The van der Waals surface area contributed by atoms with E-state index in [-0.39, 0.29) is 11.2 Å². The van der Waals surface area contributed by atoms with Gasteiger partial charge in [-0.1, -0.05) is 6.07 Å². The number of alkyl halides is 3. The van der Waals surface area contributed by atoms with E-state index in [0.29, 0.717) is 17.8 Å². The van der Waals surface area contributed by atoms with Crippen molar-refractivity contribution < 1.29 is 18.0 Å². The summed E-state index contributed by atoms with van der Waals surface area (Å²) in [6.45, 7) is 3.61. The van der Waals surface area contributed by atoms with Crippen LogP contribution in [0, 0.1) is 0 Å². The molecule has 0 amide bonds. The minimum atomic E-state index is -4.41. The number of fused-ring (bicyclic) bond motifs is 1. The molecule has 18 heavy (non-hydrogen) atoms. The number of ketones is 1. The van der Waals surface area contributed by atoms with Gasteiger partial charge in [0.25, 0.3) is 0 Å². The number of carbonyl (C=O) groups excluding carboxylic acids is 1. The van der Waals surface area contributed by atoms with E-state index in [1.165, 1.54) is 19.1 Å². The van der Waals surface area contributed by atoms with E-state index < -0.39 is 11.7 Å². The first-order chi connectivity index (χ1) is 8.36. The second kappa shape index (κ2) is 4.15. The number of hydrogen-bond acceptors (Lipinski definition) is 1. The standard InChI is InChI=1S/C13H12F3NO/c1-3-17-11-6-4-5-10(13(14,15)16)9(11)7-12(17)8(2)18/h4-7H,3H2,1-2H3. The summed E-state index contributed by atoms with van der Waals surface area (Å²) < 4.78 is 40.2. The Morgan fingerprint density at radius 2 is 2.00 bits per heavy atom. The number of Topliss-reactive ketones (excluding diaryl/α,β-unsaturated/α-hetero) is 1. The average Bonchev–Trinajstić information content (AvgIpc) is 2.65. The molecule has 5 heteroatoms. The van der Waals surface area contributed by atoms with Gasteiger partial charge in [-0.15, -0.1) is 0 Å². The van der Waals surface area contributed by atoms with Gasteiger partial charge in [0.15, 0.2) is 5.78 Å². The Morgan fingerprint density at radius 3 is 2.50 bits per heavy atom. The molecule has 96 valence electrons. The molecular weight excluding hydrogens is 243 g/mol. The van der Waals surface area contributed by atoms with Gasteiger partial charge in [-0.25, -0.2) is 0 Å². The van der Waals surface area contributed by atoms with Gasteiger partial charge in [0, 0.05) is 24.4 Å². The van der Waals surface area contributed by atoms with Crippen LogP contribution in [-0.2, 0) is 12.7 Å². The number of aryl methyl sites for hydroxylation is 1. The molecule has 0 spiro atoms. The SMILES string of the molecule is CCn1c(C(C)=O)cc2c(C(F)(F)F)cccc21. The van der Waals surface area contributed by atoms with E-state index >= 15 is 0 Å². The smallest absolute Gasteiger partial charge is 0.338 e. The second-order valence-corrected chi connectivity index (χ2v) is 4.07. The fourth-order valence-electron chi connectivity index (χ4n) is 2.16. The van der Waals surface area contributed by atoms with Gasteiger partial charge < -0.3 is 4.57 Å². The number of rotatable bonds is 2. The average molecular weight is 255 g/mol. The van der Waals surface area contributed by atoms with Crippen molar-refractivity contribution in [1.29, 1.82) is 0 Å². The summed E-state index contributed by atoms with van der Waals surface area (Å²) in [6, 6.07) is 5.32. The molecule has 0 atom stereocenters. The number of benzene rings is 1. The number of nitrogens with zero attached hydrogens (tertiary/aromatic N) is 1. The molecule has 2 aromatic rings. The van der Waals surface area contributed by atoms with Crippen LogP contribution in [0.25, 0.3) is 10.9 Å². The highest BCUT2D eigenvalue weighted by molar-refractivity contribution is 5.99. The maximum Gasteiger partial charge on any atom is 0.417 e. The lowest BCUT2D eigenvalue weighted by molar-refractivity contribution is -0.136. The minimum Gasteiger partial charge on any atom is -0.338 e. The molecular formula is C13H12F3NO. The molecule has 0 aliphatic carbocycles. The summed E-state index contributed by atoms with van der Waals surface area (Å²) in [5.41, 5.74) is 0.0522. The lowest BCUT2D eigenvalue weighted by atomic mass is 10.1. The van der Waals surface area contributed by atoms with Gasteiger partial charge in [0.2, 0.25) is 0 Å². The third-order valence-corrected chi connectivity index (χ3v) is 2.93. The Bertz CT molecular complexity index is 610. The maximum atomic E-state index is 12.9. The molecule has 0 saturated heterocycles. The lowest BCUT2D eigenvalue weighted by Crippen LogP contribution is -2.06. The Morgan fingerprint density at radius 1 is 1.33 bits per heavy atom. The lowest BCUT2D eigenvalue weighted by Gasteiger charge is -2.09. The van der Waals surface area contributed by atoms with E-state index in [0.717, 1.165) is 6.07 Å². The molecule has 1 aromatic carbocycles. The van der Waals surface area contributed by atoms with Crippen molar-refractivity contribution in [2.45, 2.75) is 26.6 Å². The third-order valence-electron chi connectivity index (χ3n) is 2.93. The molecule has 0 bridgehead atoms. The van der Waals surface area contributed by atoms with E-state index in [1.54, 1.807) is 17.6 Å². The van der Waals surface area contributed by atoms with Crippen molar-refractivity contribution in [2.24, 2.45) is 0 Å². The van der Waals surface area contributed by atoms with E-state index in [1.807, 2.05) is 0 Å². The normalized spacial score (nSPS) is 12.1. The first-order valence-electron chi connectivity index (χ1n) is 5.56. The monoisotopic (exact) mass is 255 g/mol. The molecule has 0 fully saturated rings. The summed E-state index contributed by atoms with van der Waals surface area (Å²) in [4.78, 5) is 11.5. The molecule has 0 aliphatic rings. The molecule has 1 aromatic heterocycles. The van der Waals surface area contributed by atoms with Crippen LogP contribution in [0.3, 0.4) is 0 Å². The summed E-state index contributed by atoms with van der Waals surface area (Å²) in [6.07, 6.45) is -4.41. The number of halogens is 3. The van der Waals surface area contributed by atoms with Crippen molar-refractivity contribution in [2.75, 3.05) is 0 Å². The van der Waals surface area contributed by atoms with Crippen LogP contribution in [0.5, 0.6) is 0 Å². The van der Waals surface area contributed by atoms with Crippen LogP contribution in [0.2, 0.25) is 0 Å². The molecule has 1 heterocycles. The highest BCUT2D eigenvalue weighted by atomic mass is 19.4. The van der Waals surface area contributed by atoms with Crippen LogP contribution in [0.15, 0.2) is 24.3 Å². The van der Waals surface area contributed by atoms with Gasteiger partial charge in [0.1, 0.15) is 0 Å². The highest BCUT2D eigenvalue weighted by Crippen LogP contribution is 2.36. The van der Waals surface area contributed by atoms with Crippen molar-refractivity contribution in [3.05, 3.63) is 35.5 Å². The van der Waals surface area contributed by atoms with E-state index in [9.17, 15) is 18.0 Å². The van der Waals surface area contributed by atoms with Gasteiger partial charge in [0.05, 0.1) is 11.3 Å². The number of carbonyl (C=O) groups is 1. The molecule has 2 rings (SSSR count). The van der Waals surface area contributed by atoms with Crippen molar-refractivity contribution in [1.82, 2.24) is 4.57 Å². The first kappa shape index (κ1) is 12.7. The quantitative estimate of drug-likeness (QED) is 0.746. The molecule has 0 radical (unpaired) electrons. The van der Waals surface area contributed by atoms with Crippen LogP contribution in [0.1, 0.15) is 29.9 Å². The predicted molar refractivity (Wildman–Crippen MR) is 62.6 cm³/mol. The van der Waals surface area contributed by atoms with Crippen LogP contribution < -0.4 is 0 Å². The first-order valence-corrected chi connectivity index (χ1v) is 5.56. The van der Waals surface area contributed by atoms with Crippen molar-refractivity contribution in [3.8, 4) is 0 Å². The van der Waals surface area contributed by atoms with E-state index in [2.05, 4.69) is 0 Å². The third kappa shape index (κ3) is 1.89. The Kier molecular flexibility index (Phi) is 2.92. The molecule has 0 saturated carbocycles. The Labute approximate surface area is 102 Å². The molecule has 0 N–H and O–H groups in total. The van der Waals surface area contributed by atoms with Gasteiger partial charge >= 0.3 is 6.18 Å². The Balaban J connectivity index is 2.84. The van der Waals surface area contributed by atoms with E-state index in [4.69, 9.17) is 0 Å². The zero-order chi connectivity index (χ0) is 13.5. The van der Waals surface area contributed by atoms with Crippen molar-refractivity contribution >= 4 is 16.7 Å². The molecule has 2 nitrogen and oxygen atoms in total. The fourth-order valence-corrected chi connectivity index (χ4v) is 2.16. The second-order valence-electron chi connectivity index (χ2n) is 4.07. The van der Waals surface area contributed by atoms with Gasteiger partial charge in [-0.3, -0.25) is 4.79 Å². The minimum absolute atomic E-state index is 0.0806. The topological polar surface area (TPSA) is 22.0 Å². The van der Waals surface area contributed by atoms with Crippen LogP contribution in [0.4, 0.5) is 13.2 Å². The summed E-state index contributed by atoms with van der Waals surface area (Å²) in [5, 5.41) is 0.0806. The van der Waals surface area contributed by atoms with Gasteiger partial charge in [-0.2, -0.15) is 13.2 Å². The maximum absolute atomic E-state index is 12.9. The van der Waals surface area contributed by atoms with Crippen molar-refractivity contribution in [3.63, 3.8) is 0 Å². The highest BCUT2D eigenvalue weighted by Gasteiger charge is 2.33. The number of hydrogen-bond donors (Lipinski definition) is 0. The summed E-state index contributed by atoms with van der Waals surface area (Å²) >= 11 is 0. The Hall–Kier alpha value is -1.78. The van der Waals surface area contributed by atoms with Crippen LogP contribution in [-0.4, -0.2) is 10.4 Å².